The predicted octanol–water partition coefficient (Wildman–Crippen LogP) is 5.34. The van der Waals surface area contributed by atoms with Gasteiger partial charge in [0.2, 0.25) is 0 Å². The van der Waals surface area contributed by atoms with E-state index in [1.165, 1.54) is 0 Å². The van der Waals surface area contributed by atoms with Gasteiger partial charge in [0.15, 0.2) is 11.5 Å². The molecule has 0 aliphatic rings. The Labute approximate surface area is 187 Å². The van der Waals surface area contributed by atoms with Crippen molar-refractivity contribution in [1.82, 2.24) is 5.32 Å². The SMILES string of the molecule is COc1cc(CNCc2ccc(C(=O)O)cc2)ccc1OCc1ccc(Cl)cc1.Cl. The third-order valence-corrected chi connectivity index (χ3v) is 4.65. The van der Waals surface area contributed by atoms with Crippen molar-refractivity contribution in [3.8, 4) is 11.5 Å². The number of ether oxygens (including phenoxy) is 2. The molecule has 0 aromatic heterocycles. The molecule has 0 aliphatic carbocycles. The lowest BCUT2D eigenvalue weighted by molar-refractivity contribution is 0.0697. The van der Waals surface area contributed by atoms with Crippen molar-refractivity contribution in [2.75, 3.05) is 7.11 Å². The van der Waals surface area contributed by atoms with Crippen LogP contribution in [0.15, 0.2) is 66.7 Å². The summed E-state index contributed by atoms with van der Waals surface area (Å²) in [6, 6.07) is 20.2. The Hall–Kier alpha value is -2.73. The Morgan fingerprint density at radius 1 is 0.900 bits per heavy atom. The van der Waals surface area contributed by atoms with Crippen molar-refractivity contribution >= 4 is 30.0 Å². The molecule has 3 rings (SSSR count). The van der Waals surface area contributed by atoms with Crippen molar-refractivity contribution in [2.24, 2.45) is 0 Å². The average molecular weight is 448 g/mol. The standard InChI is InChI=1S/C23H22ClNO4.ClH/c1-28-22-12-18(14-25-13-16-2-7-19(8-3-16)23(26)27)6-11-21(22)29-15-17-4-9-20(24)10-5-17;/h2-12,25H,13-15H2,1H3,(H,26,27);1H. The highest BCUT2D eigenvalue weighted by molar-refractivity contribution is 6.30. The molecule has 0 unspecified atom stereocenters. The molecule has 0 aliphatic heterocycles. The second-order valence-corrected chi connectivity index (χ2v) is 6.94. The van der Waals surface area contributed by atoms with E-state index in [1.807, 2.05) is 54.6 Å². The molecule has 0 spiro atoms. The van der Waals surface area contributed by atoms with Crippen LogP contribution >= 0.6 is 24.0 Å². The molecule has 30 heavy (non-hydrogen) atoms. The van der Waals surface area contributed by atoms with Gasteiger partial charge in [-0.25, -0.2) is 4.79 Å². The van der Waals surface area contributed by atoms with Crippen LogP contribution in [0.1, 0.15) is 27.0 Å². The number of rotatable bonds is 9. The first-order chi connectivity index (χ1) is 14.0. The van der Waals surface area contributed by atoms with Gasteiger partial charge in [0, 0.05) is 18.1 Å². The largest absolute Gasteiger partial charge is 0.493 e. The van der Waals surface area contributed by atoms with Crippen molar-refractivity contribution in [2.45, 2.75) is 19.7 Å². The molecule has 0 amide bonds. The van der Waals surface area contributed by atoms with Gasteiger partial charge in [0.1, 0.15) is 6.61 Å². The van der Waals surface area contributed by atoms with E-state index in [9.17, 15) is 4.79 Å². The molecule has 3 aromatic rings. The van der Waals surface area contributed by atoms with E-state index in [0.717, 1.165) is 16.7 Å². The number of aromatic carboxylic acids is 1. The lowest BCUT2D eigenvalue weighted by Crippen LogP contribution is -2.13. The third-order valence-electron chi connectivity index (χ3n) is 4.39. The molecule has 0 saturated heterocycles. The fraction of sp³-hybridized carbons (Fsp3) is 0.174. The Morgan fingerprint density at radius 2 is 1.50 bits per heavy atom. The molecule has 0 atom stereocenters. The molecule has 2 N–H and O–H groups in total. The van der Waals surface area contributed by atoms with Gasteiger partial charge >= 0.3 is 5.97 Å². The van der Waals surface area contributed by atoms with Crippen molar-refractivity contribution in [1.29, 1.82) is 0 Å². The number of hydrogen-bond acceptors (Lipinski definition) is 4. The molecule has 5 nitrogen and oxygen atoms in total. The van der Waals surface area contributed by atoms with Crippen LogP contribution in [0.2, 0.25) is 5.02 Å². The first-order valence-electron chi connectivity index (χ1n) is 9.12. The third kappa shape index (κ3) is 6.66. The molecule has 0 fully saturated rings. The van der Waals surface area contributed by atoms with Crippen molar-refractivity contribution in [3.63, 3.8) is 0 Å². The fourth-order valence-corrected chi connectivity index (χ4v) is 2.93. The summed E-state index contributed by atoms with van der Waals surface area (Å²) in [7, 11) is 1.62. The predicted molar refractivity (Wildman–Crippen MR) is 120 cm³/mol. The van der Waals surface area contributed by atoms with E-state index in [4.69, 9.17) is 26.2 Å². The maximum atomic E-state index is 10.9. The zero-order chi connectivity index (χ0) is 20.6. The minimum atomic E-state index is -0.921. The van der Waals surface area contributed by atoms with E-state index >= 15 is 0 Å². The summed E-state index contributed by atoms with van der Waals surface area (Å²) < 4.78 is 11.3. The van der Waals surface area contributed by atoms with Gasteiger partial charge in [-0.15, -0.1) is 12.4 Å². The highest BCUT2D eigenvalue weighted by Gasteiger charge is 2.07. The molecule has 0 heterocycles. The van der Waals surface area contributed by atoms with E-state index in [1.54, 1.807) is 19.2 Å². The van der Waals surface area contributed by atoms with Gasteiger partial charge in [-0.1, -0.05) is 41.9 Å². The second kappa shape index (κ2) is 11.5. The van der Waals surface area contributed by atoms with Crippen LogP contribution in [0.25, 0.3) is 0 Å². The number of hydrogen-bond donors (Lipinski definition) is 2. The minimum absolute atomic E-state index is 0. The Kier molecular flexibility index (Phi) is 8.99. The lowest BCUT2D eigenvalue weighted by Gasteiger charge is -2.13. The summed E-state index contributed by atoms with van der Waals surface area (Å²) in [5.74, 6) is 0.425. The molecule has 0 radical (unpaired) electrons. The zero-order valence-corrected chi connectivity index (χ0v) is 18.0. The molecule has 0 bridgehead atoms. The van der Waals surface area contributed by atoms with Crippen LogP contribution in [-0.2, 0) is 19.7 Å². The molecule has 0 saturated carbocycles. The van der Waals surface area contributed by atoms with E-state index in [2.05, 4.69) is 5.32 Å². The van der Waals surface area contributed by atoms with Gasteiger partial charge in [-0.3, -0.25) is 0 Å². The summed E-state index contributed by atoms with van der Waals surface area (Å²) in [5, 5.41) is 13.0. The quantitative estimate of drug-likeness (QED) is 0.463. The van der Waals surface area contributed by atoms with Crippen LogP contribution in [0, 0.1) is 0 Å². The maximum Gasteiger partial charge on any atom is 0.335 e. The summed E-state index contributed by atoms with van der Waals surface area (Å²) in [5.41, 5.74) is 3.39. The summed E-state index contributed by atoms with van der Waals surface area (Å²) in [4.78, 5) is 10.9. The number of carbonyl (C=O) groups is 1. The van der Waals surface area contributed by atoms with Crippen molar-refractivity contribution in [3.05, 3.63) is 94.0 Å². The number of halogens is 2. The molecular weight excluding hydrogens is 425 g/mol. The van der Waals surface area contributed by atoms with Gasteiger partial charge in [0.25, 0.3) is 0 Å². The summed E-state index contributed by atoms with van der Waals surface area (Å²) >= 11 is 5.90. The maximum absolute atomic E-state index is 10.9. The molecule has 7 heteroatoms. The molecular formula is C23H23Cl2NO4. The summed E-state index contributed by atoms with van der Waals surface area (Å²) in [6.07, 6.45) is 0. The lowest BCUT2D eigenvalue weighted by atomic mass is 10.1. The Bertz CT molecular complexity index is 960. The van der Waals surface area contributed by atoms with E-state index in [-0.39, 0.29) is 18.0 Å². The first-order valence-corrected chi connectivity index (χ1v) is 9.50. The van der Waals surface area contributed by atoms with Gasteiger partial charge in [0.05, 0.1) is 12.7 Å². The second-order valence-electron chi connectivity index (χ2n) is 6.51. The highest BCUT2D eigenvalue weighted by Crippen LogP contribution is 2.29. The number of carboxylic acids is 1. The van der Waals surface area contributed by atoms with Crippen LogP contribution in [0.5, 0.6) is 11.5 Å². The number of nitrogens with one attached hydrogen (secondary N) is 1. The summed E-state index contributed by atoms with van der Waals surface area (Å²) in [6.45, 7) is 1.71. The van der Waals surface area contributed by atoms with Gasteiger partial charge < -0.3 is 19.9 Å². The number of carboxylic acid groups (broad SMARTS) is 1. The smallest absolute Gasteiger partial charge is 0.335 e. The van der Waals surface area contributed by atoms with Gasteiger partial charge in [-0.2, -0.15) is 0 Å². The number of benzene rings is 3. The van der Waals surface area contributed by atoms with E-state index in [0.29, 0.717) is 36.2 Å². The van der Waals surface area contributed by atoms with Crippen LogP contribution in [-0.4, -0.2) is 18.2 Å². The molecule has 3 aromatic carbocycles. The van der Waals surface area contributed by atoms with Crippen molar-refractivity contribution < 1.29 is 19.4 Å². The average Bonchev–Trinajstić information content (AvgIpc) is 2.74. The fourth-order valence-electron chi connectivity index (χ4n) is 2.80. The normalized spacial score (nSPS) is 10.2. The van der Waals surface area contributed by atoms with Gasteiger partial charge in [-0.05, 0) is 53.1 Å². The topological polar surface area (TPSA) is 67.8 Å². The zero-order valence-electron chi connectivity index (χ0n) is 16.4. The van der Waals surface area contributed by atoms with Crippen LogP contribution in [0.3, 0.4) is 0 Å². The Morgan fingerprint density at radius 3 is 2.13 bits per heavy atom. The monoisotopic (exact) mass is 447 g/mol. The van der Waals surface area contributed by atoms with Crippen LogP contribution in [0.4, 0.5) is 0 Å². The Balaban J connectivity index is 0.00000320. The number of methoxy groups -OCH3 is 1. The molecule has 158 valence electrons. The van der Waals surface area contributed by atoms with Crippen LogP contribution < -0.4 is 14.8 Å². The van der Waals surface area contributed by atoms with E-state index < -0.39 is 5.97 Å². The highest BCUT2D eigenvalue weighted by atomic mass is 35.5. The minimum Gasteiger partial charge on any atom is -0.493 e. The first kappa shape index (κ1) is 23.5.